The van der Waals surface area contributed by atoms with Crippen LogP contribution in [-0.4, -0.2) is 37.7 Å². The van der Waals surface area contributed by atoms with E-state index in [0.29, 0.717) is 10.8 Å². The van der Waals surface area contributed by atoms with E-state index in [-0.39, 0.29) is 0 Å². The van der Waals surface area contributed by atoms with Gasteiger partial charge in [0, 0.05) is 19.6 Å². The highest BCUT2D eigenvalue weighted by atomic mass is 16.5. The Morgan fingerprint density at radius 2 is 1.53 bits per heavy atom. The van der Waals surface area contributed by atoms with Crippen LogP contribution in [0.2, 0.25) is 0 Å². The molecule has 0 unspecified atom stereocenters. The molecule has 90 valence electrons. The van der Waals surface area contributed by atoms with Crippen molar-refractivity contribution in [2.45, 2.75) is 41.0 Å². The number of rotatable bonds is 3. The van der Waals surface area contributed by atoms with Crippen LogP contribution in [0.4, 0.5) is 0 Å². The second-order valence-electron chi connectivity index (χ2n) is 6.79. The fourth-order valence-corrected chi connectivity index (χ4v) is 2.86. The Balaban J connectivity index is 2.40. The highest BCUT2D eigenvalue weighted by Crippen LogP contribution is 2.33. The number of hydrogen-bond donors (Lipinski definition) is 0. The van der Waals surface area contributed by atoms with Gasteiger partial charge in [0.2, 0.25) is 0 Å². The first-order chi connectivity index (χ1) is 6.79. The molecule has 1 saturated heterocycles. The molecule has 0 aromatic carbocycles. The molecule has 0 bridgehead atoms. The molecule has 1 fully saturated rings. The maximum atomic E-state index is 5.37. The fraction of sp³-hybridized carbons (Fsp3) is 1.00. The van der Waals surface area contributed by atoms with Crippen molar-refractivity contribution in [2.75, 3.05) is 32.8 Å². The number of morpholine rings is 1. The minimum Gasteiger partial charge on any atom is -0.379 e. The van der Waals surface area contributed by atoms with E-state index in [1.807, 2.05) is 0 Å². The van der Waals surface area contributed by atoms with Crippen molar-refractivity contribution < 1.29 is 4.74 Å². The molecule has 0 atom stereocenters. The van der Waals surface area contributed by atoms with Gasteiger partial charge >= 0.3 is 0 Å². The lowest BCUT2D eigenvalue weighted by atomic mass is 9.76. The summed E-state index contributed by atoms with van der Waals surface area (Å²) in [5.74, 6) is 0. The van der Waals surface area contributed by atoms with Crippen molar-refractivity contribution in [3.8, 4) is 0 Å². The van der Waals surface area contributed by atoms with Gasteiger partial charge in [-0.3, -0.25) is 4.90 Å². The van der Waals surface area contributed by atoms with Crippen molar-refractivity contribution in [1.29, 1.82) is 0 Å². The summed E-state index contributed by atoms with van der Waals surface area (Å²) in [6.45, 7) is 17.0. The van der Waals surface area contributed by atoms with E-state index in [2.05, 4.69) is 39.5 Å². The molecule has 0 aromatic rings. The van der Waals surface area contributed by atoms with E-state index >= 15 is 0 Å². The molecule has 2 heteroatoms. The van der Waals surface area contributed by atoms with E-state index in [9.17, 15) is 0 Å². The summed E-state index contributed by atoms with van der Waals surface area (Å²) in [5.41, 5.74) is 0.839. The highest BCUT2D eigenvalue weighted by molar-refractivity contribution is 4.80. The highest BCUT2D eigenvalue weighted by Gasteiger charge is 2.28. The minimum absolute atomic E-state index is 0.412. The monoisotopic (exact) mass is 213 g/mol. The van der Waals surface area contributed by atoms with Crippen LogP contribution in [0.5, 0.6) is 0 Å². The third-order valence-corrected chi connectivity index (χ3v) is 2.76. The van der Waals surface area contributed by atoms with Crippen LogP contribution in [0.15, 0.2) is 0 Å². The first-order valence-corrected chi connectivity index (χ1v) is 6.09. The predicted octanol–water partition coefficient (Wildman–Crippen LogP) is 2.78. The Morgan fingerprint density at radius 1 is 1.00 bits per heavy atom. The van der Waals surface area contributed by atoms with Crippen molar-refractivity contribution in [2.24, 2.45) is 10.8 Å². The second-order valence-corrected chi connectivity index (χ2v) is 6.79. The normalized spacial score (nSPS) is 20.6. The Bertz CT molecular complexity index is 187. The van der Waals surface area contributed by atoms with Crippen LogP contribution in [-0.2, 0) is 4.74 Å². The topological polar surface area (TPSA) is 12.5 Å². The number of nitrogens with zero attached hydrogens (tertiary/aromatic N) is 1. The lowest BCUT2D eigenvalue weighted by Gasteiger charge is -2.38. The molecule has 0 amide bonds. The maximum Gasteiger partial charge on any atom is 0.0594 e. The molecule has 1 rings (SSSR count). The summed E-state index contributed by atoms with van der Waals surface area (Å²) in [4.78, 5) is 2.54. The van der Waals surface area contributed by atoms with Crippen molar-refractivity contribution in [3.05, 3.63) is 0 Å². The molecule has 1 aliphatic heterocycles. The first kappa shape index (κ1) is 13.0. The van der Waals surface area contributed by atoms with Crippen LogP contribution in [0.1, 0.15) is 41.0 Å². The molecule has 15 heavy (non-hydrogen) atoms. The van der Waals surface area contributed by atoms with Gasteiger partial charge in [-0.25, -0.2) is 0 Å². The summed E-state index contributed by atoms with van der Waals surface area (Å²) < 4.78 is 5.37. The Labute approximate surface area is 95.0 Å². The molecule has 1 heterocycles. The smallest absolute Gasteiger partial charge is 0.0594 e. The van der Waals surface area contributed by atoms with Crippen LogP contribution >= 0.6 is 0 Å². The second kappa shape index (κ2) is 4.84. The van der Waals surface area contributed by atoms with Gasteiger partial charge in [-0.05, 0) is 17.3 Å². The van der Waals surface area contributed by atoms with E-state index in [0.717, 1.165) is 26.3 Å². The van der Waals surface area contributed by atoms with Crippen molar-refractivity contribution in [3.63, 3.8) is 0 Å². The zero-order valence-corrected chi connectivity index (χ0v) is 11.1. The van der Waals surface area contributed by atoms with Crippen molar-refractivity contribution in [1.82, 2.24) is 4.90 Å². The molecule has 0 aromatic heterocycles. The molecule has 1 aliphatic rings. The lowest BCUT2D eigenvalue weighted by molar-refractivity contribution is 0.0149. The van der Waals surface area contributed by atoms with Gasteiger partial charge in [-0.1, -0.05) is 34.6 Å². The van der Waals surface area contributed by atoms with E-state index in [1.165, 1.54) is 13.0 Å². The van der Waals surface area contributed by atoms with Crippen LogP contribution in [0.3, 0.4) is 0 Å². The summed E-state index contributed by atoms with van der Waals surface area (Å²) >= 11 is 0. The summed E-state index contributed by atoms with van der Waals surface area (Å²) in [5, 5.41) is 0. The number of ether oxygens (including phenoxy) is 1. The molecule has 0 spiro atoms. The average Bonchev–Trinajstić information content (AvgIpc) is 1.99. The average molecular weight is 213 g/mol. The molecular weight excluding hydrogens is 186 g/mol. The quantitative estimate of drug-likeness (QED) is 0.715. The molecule has 2 nitrogen and oxygen atoms in total. The Morgan fingerprint density at radius 3 is 2.00 bits per heavy atom. The standard InChI is InChI=1S/C13H27NO/c1-12(2,3)10-13(4,5)11-14-6-8-15-9-7-14/h6-11H2,1-5H3. The number of hydrogen-bond acceptors (Lipinski definition) is 2. The largest absolute Gasteiger partial charge is 0.379 e. The van der Waals surface area contributed by atoms with Crippen LogP contribution < -0.4 is 0 Å². The molecule has 0 N–H and O–H groups in total. The summed E-state index contributed by atoms with van der Waals surface area (Å²) in [7, 11) is 0. The van der Waals surface area contributed by atoms with Gasteiger partial charge in [-0.15, -0.1) is 0 Å². The van der Waals surface area contributed by atoms with Gasteiger partial charge in [0.15, 0.2) is 0 Å². The SMILES string of the molecule is CC(C)(C)CC(C)(C)CN1CCOCC1. The van der Waals surface area contributed by atoms with E-state index in [1.54, 1.807) is 0 Å². The predicted molar refractivity (Wildman–Crippen MR) is 65.1 cm³/mol. The third kappa shape index (κ3) is 5.53. The van der Waals surface area contributed by atoms with Crippen LogP contribution in [0.25, 0.3) is 0 Å². The van der Waals surface area contributed by atoms with E-state index in [4.69, 9.17) is 4.74 Å². The van der Waals surface area contributed by atoms with Gasteiger partial charge in [0.05, 0.1) is 13.2 Å². The van der Waals surface area contributed by atoms with Gasteiger partial charge in [-0.2, -0.15) is 0 Å². The van der Waals surface area contributed by atoms with Gasteiger partial charge in [0.1, 0.15) is 0 Å². The van der Waals surface area contributed by atoms with E-state index < -0.39 is 0 Å². The molecule has 0 saturated carbocycles. The summed E-state index contributed by atoms with van der Waals surface area (Å²) in [6, 6.07) is 0. The third-order valence-electron chi connectivity index (χ3n) is 2.76. The zero-order valence-electron chi connectivity index (χ0n) is 11.1. The minimum atomic E-state index is 0.412. The maximum absolute atomic E-state index is 5.37. The van der Waals surface area contributed by atoms with Gasteiger partial charge in [0.25, 0.3) is 0 Å². The lowest BCUT2D eigenvalue weighted by Crippen LogP contribution is -2.42. The molecule has 0 aliphatic carbocycles. The van der Waals surface area contributed by atoms with Crippen molar-refractivity contribution >= 4 is 0 Å². The molecular formula is C13H27NO. The molecule has 0 radical (unpaired) electrons. The van der Waals surface area contributed by atoms with Gasteiger partial charge < -0.3 is 4.74 Å². The zero-order chi connectivity index (χ0) is 11.5. The van der Waals surface area contributed by atoms with Crippen LogP contribution in [0, 0.1) is 10.8 Å². The Kier molecular flexibility index (Phi) is 4.19. The Hall–Kier alpha value is -0.0800. The fourth-order valence-electron chi connectivity index (χ4n) is 2.86. The summed E-state index contributed by atoms with van der Waals surface area (Å²) in [6.07, 6.45) is 1.28. The first-order valence-electron chi connectivity index (χ1n) is 6.09.